The monoisotopic (exact) mass is 374 g/mol. The molecule has 0 bridgehead atoms. The van der Waals surface area contributed by atoms with Gasteiger partial charge < -0.3 is 24.4 Å². The van der Waals surface area contributed by atoms with E-state index >= 15 is 0 Å². The number of urea groups is 1. The van der Waals surface area contributed by atoms with E-state index in [-0.39, 0.29) is 12.1 Å². The van der Waals surface area contributed by atoms with Crippen molar-refractivity contribution >= 4 is 12.0 Å². The van der Waals surface area contributed by atoms with Gasteiger partial charge in [-0.3, -0.25) is 0 Å². The predicted molar refractivity (Wildman–Crippen MR) is 99.6 cm³/mol. The molecule has 3 heterocycles. The Labute approximate surface area is 158 Å². The minimum atomic E-state index is -0.203. The topological polar surface area (TPSA) is 101 Å². The maximum atomic E-state index is 12.6. The number of nitrogens with zero attached hydrogens (tertiary/aromatic N) is 7. The molecule has 1 N–H and O–H groups in total. The van der Waals surface area contributed by atoms with E-state index in [1.165, 1.54) is 0 Å². The van der Waals surface area contributed by atoms with Gasteiger partial charge >= 0.3 is 6.03 Å². The molecule has 2 amide bonds. The van der Waals surface area contributed by atoms with Crippen LogP contribution in [0.2, 0.25) is 0 Å². The highest BCUT2D eigenvalue weighted by molar-refractivity contribution is 5.74. The van der Waals surface area contributed by atoms with E-state index < -0.39 is 0 Å². The molecule has 0 spiro atoms. The summed E-state index contributed by atoms with van der Waals surface area (Å²) in [6.45, 7) is 7.39. The van der Waals surface area contributed by atoms with Gasteiger partial charge in [0, 0.05) is 45.0 Å². The standard InChI is InChI=1S/C17H26N8O2/c1-4-7-25-12-19-22-15(25)13(2)20-17(26)24-10-8-23(9-11-24)16-18-6-5-14(21-16)27-3/h5-6,12-13H,4,7-11H2,1-3H3,(H,20,26)/t13-/m0/s1. The minimum Gasteiger partial charge on any atom is -0.481 e. The molecular weight excluding hydrogens is 348 g/mol. The van der Waals surface area contributed by atoms with Crippen molar-refractivity contribution in [2.45, 2.75) is 32.9 Å². The molecule has 1 saturated heterocycles. The first-order valence-corrected chi connectivity index (χ1v) is 9.17. The van der Waals surface area contributed by atoms with Gasteiger partial charge in [-0.15, -0.1) is 10.2 Å². The smallest absolute Gasteiger partial charge is 0.318 e. The number of aromatic nitrogens is 5. The Bertz CT molecular complexity index is 757. The molecule has 0 saturated carbocycles. The van der Waals surface area contributed by atoms with Gasteiger partial charge in [-0.05, 0) is 13.3 Å². The fourth-order valence-corrected chi connectivity index (χ4v) is 3.06. The minimum absolute atomic E-state index is 0.0974. The van der Waals surface area contributed by atoms with Crippen LogP contribution in [0.4, 0.5) is 10.7 Å². The Hall–Kier alpha value is -2.91. The van der Waals surface area contributed by atoms with Crippen molar-refractivity contribution in [3.05, 3.63) is 24.4 Å². The van der Waals surface area contributed by atoms with Crippen molar-refractivity contribution in [2.75, 3.05) is 38.2 Å². The highest BCUT2D eigenvalue weighted by Crippen LogP contribution is 2.15. The third-order valence-electron chi connectivity index (χ3n) is 4.51. The second-order valence-corrected chi connectivity index (χ2v) is 6.43. The molecule has 146 valence electrons. The van der Waals surface area contributed by atoms with Gasteiger partial charge in [0.1, 0.15) is 6.33 Å². The summed E-state index contributed by atoms with van der Waals surface area (Å²) in [6, 6.07) is 1.41. The van der Waals surface area contributed by atoms with E-state index in [9.17, 15) is 4.79 Å². The number of hydrogen-bond donors (Lipinski definition) is 1. The van der Waals surface area contributed by atoms with Crippen LogP contribution in [0.3, 0.4) is 0 Å². The number of anilines is 1. The van der Waals surface area contributed by atoms with Crippen LogP contribution in [-0.2, 0) is 6.54 Å². The van der Waals surface area contributed by atoms with Gasteiger partial charge in [0.2, 0.25) is 11.8 Å². The second-order valence-electron chi connectivity index (χ2n) is 6.43. The van der Waals surface area contributed by atoms with Gasteiger partial charge in [0.05, 0.1) is 13.2 Å². The molecule has 0 aliphatic carbocycles. The largest absolute Gasteiger partial charge is 0.481 e. The van der Waals surface area contributed by atoms with Crippen LogP contribution in [0.25, 0.3) is 0 Å². The van der Waals surface area contributed by atoms with Crippen LogP contribution in [0.1, 0.15) is 32.1 Å². The first-order chi connectivity index (χ1) is 13.1. The summed E-state index contributed by atoms with van der Waals surface area (Å²) >= 11 is 0. The molecule has 2 aromatic heterocycles. The SMILES string of the molecule is CCCn1cnnc1[C@H](C)NC(=O)N1CCN(c2nccc(OC)n2)CC1. The number of hydrogen-bond acceptors (Lipinski definition) is 7. The zero-order chi connectivity index (χ0) is 19.2. The summed E-state index contributed by atoms with van der Waals surface area (Å²) in [5.74, 6) is 1.93. The van der Waals surface area contributed by atoms with E-state index in [2.05, 4.69) is 32.4 Å². The molecule has 3 rings (SSSR count). The number of rotatable bonds is 6. The zero-order valence-corrected chi connectivity index (χ0v) is 16.0. The first-order valence-electron chi connectivity index (χ1n) is 9.17. The van der Waals surface area contributed by atoms with Crippen LogP contribution in [0, 0.1) is 0 Å². The van der Waals surface area contributed by atoms with Gasteiger partial charge in [-0.2, -0.15) is 4.98 Å². The Balaban J connectivity index is 1.54. The molecule has 10 nitrogen and oxygen atoms in total. The summed E-state index contributed by atoms with van der Waals surface area (Å²) in [4.78, 5) is 25.1. The van der Waals surface area contributed by atoms with E-state index in [1.54, 1.807) is 30.6 Å². The predicted octanol–water partition coefficient (Wildman–Crippen LogP) is 1.08. The Morgan fingerprint density at radius 3 is 2.81 bits per heavy atom. The lowest BCUT2D eigenvalue weighted by molar-refractivity contribution is 0.190. The van der Waals surface area contributed by atoms with Crippen molar-refractivity contribution < 1.29 is 9.53 Å². The third kappa shape index (κ3) is 4.44. The van der Waals surface area contributed by atoms with E-state index in [0.29, 0.717) is 38.0 Å². The molecule has 0 radical (unpaired) electrons. The van der Waals surface area contributed by atoms with Gasteiger partial charge in [-0.1, -0.05) is 6.92 Å². The number of carbonyl (C=O) groups is 1. The number of ether oxygens (including phenoxy) is 1. The summed E-state index contributed by atoms with van der Waals surface area (Å²) in [5, 5.41) is 11.1. The van der Waals surface area contributed by atoms with E-state index in [4.69, 9.17) is 4.74 Å². The van der Waals surface area contributed by atoms with E-state index in [1.807, 2.05) is 16.4 Å². The van der Waals surface area contributed by atoms with Crippen LogP contribution in [0.15, 0.2) is 18.6 Å². The summed E-state index contributed by atoms with van der Waals surface area (Å²) in [7, 11) is 1.58. The number of piperazine rings is 1. The van der Waals surface area contributed by atoms with Gasteiger partial charge in [0.15, 0.2) is 5.82 Å². The van der Waals surface area contributed by atoms with Crippen LogP contribution in [0.5, 0.6) is 5.88 Å². The maximum absolute atomic E-state index is 12.6. The average molecular weight is 374 g/mol. The van der Waals surface area contributed by atoms with Gasteiger partial charge in [-0.25, -0.2) is 9.78 Å². The van der Waals surface area contributed by atoms with Crippen molar-refractivity contribution in [3.63, 3.8) is 0 Å². The highest BCUT2D eigenvalue weighted by Gasteiger charge is 2.25. The van der Waals surface area contributed by atoms with Crippen LogP contribution in [-0.4, -0.2) is 69.0 Å². The molecule has 1 atom stereocenters. The lowest BCUT2D eigenvalue weighted by Crippen LogP contribution is -2.52. The zero-order valence-electron chi connectivity index (χ0n) is 16.0. The quantitative estimate of drug-likeness (QED) is 0.807. The molecule has 0 aromatic carbocycles. The fourth-order valence-electron chi connectivity index (χ4n) is 3.06. The number of methoxy groups -OCH3 is 1. The molecule has 2 aromatic rings. The van der Waals surface area contributed by atoms with Crippen molar-refractivity contribution in [1.29, 1.82) is 0 Å². The Morgan fingerprint density at radius 2 is 2.11 bits per heavy atom. The highest BCUT2D eigenvalue weighted by atomic mass is 16.5. The first kappa shape index (κ1) is 18.9. The Morgan fingerprint density at radius 1 is 1.33 bits per heavy atom. The average Bonchev–Trinajstić information content (AvgIpc) is 3.17. The molecule has 27 heavy (non-hydrogen) atoms. The summed E-state index contributed by atoms with van der Waals surface area (Å²) in [6.07, 6.45) is 4.36. The van der Waals surface area contributed by atoms with Crippen molar-refractivity contribution in [1.82, 2.24) is 34.9 Å². The lowest BCUT2D eigenvalue weighted by Gasteiger charge is -2.35. The van der Waals surface area contributed by atoms with Crippen molar-refractivity contribution in [3.8, 4) is 5.88 Å². The Kier molecular flexibility index (Phi) is 6.05. The molecule has 1 aliphatic heterocycles. The third-order valence-corrected chi connectivity index (χ3v) is 4.51. The number of aryl methyl sites for hydroxylation is 1. The fraction of sp³-hybridized carbons (Fsp3) is 0.588. The molecule has 1 fully saturated rings. The second kappa shape index (κ2) is 8.65. The molecule has 1 aliphatic rings. The van der Waals surface area contributed by atoms with Crippen LogP contribution < -0.4 is 15.0 Å². The van der Waals surface area contributed by atoms with Crippen LogP contribution >= 0.6 is 0 Å². The van der Waals surface area contributed by atoms with Crippen molar-refractivity contribution in [2.24, 2.45) is 0 Å². The normalized spacial score (nSPS) is 15.5. The maximum Gasteiger partial charge on any atom is 0.318 e. The number of carbonyl (C=O) groups excluding carboxylic acids is 1. The lowest BCUT2D eigenvalue weighted by atomic mass is 10.3. The molecule has 0 unspecified atom stereocenters. The number of nitrogens with one attached hydrogen (secondary N) is 1. The van der Waals surface area contributed by atoms with E-state index in [0.717, 1.165) is 18.8 Å². The van der Waals surface area contributed by atoms with Gasteiger partial charge in [0.25, 0.3) is 0 Å². The molecular formula is C17H26N8O2. The molecule has 10 heteroatoms. The summed E-state index contributed by atoms with van der Waals surface area (Å²) < 4.78 is 7.12. The summed E-state index contributed by atoms with van der Waals surface area (Å²) in [5.41, 5.74) is 0. The number of amides is 2.